The second-order valence-electron chi connectivity index (χ2n) is 33.6. The fraction of sp³-hybridized carbons (Fsp3) is 0.402. The van der Waals surface area contributed by atoms with E-state index in [-0.39, 0.29) is 180 Å². The summed E-state index contributed by atoms with van der Waals surface area (Å²) in [5, 5.41) is 71.5. The number of methoxy groups -OCH3 is 1. The first-order valence-corrected chi connectivity index (χ1v) is 46.1. The fourth-order valence-corrected chi connectivity index (χ4v) is 17.2. The zero-order chi connectivity index (χ0) is 102. The van der Waals surface area contributed by atoms with Gasteiger partial charge in [0.15, 0.2) is 11.6 Å². The van der Waals surface area contributed by atoms with Gasteiger partial charge in [-0.15, -0.1) is 0 Å². The van der Waals surface area contributed by atoms with Crippen LogP contribution in [0.5, 0.6) is 11.5 Å². The summed E-state index contributed by atoms with van der Waals surface area (Å²) < 4.78 is 21.6. The smallest absolute Gasteiger partial charge is 0.305 e. The number of aromatic nitrogens is 12. The van der Waals surface area contributed by atoms with Crippen LogP contribution in [0.3, 0.4) is 0 Å². The zero-order valence-corrected chi connectivity index (χ0v) is 79.8. The van der Waals surface area contributed by atoms with Crippen molar-refractivity contribution in [2.45, 2.75) is 175 Å². The Morgan fingerprint density at radius 1 is 0.511 bits per heavy atom. The average molecular weight is 1990 g/mol. The van der Waals surface area contributed by atoms with E-state index < -0.39 is 132 Å². The van der Waals surface area contributed by atoms with Crippen LogP contribution in [0.1, 0.15) is 182 Å². The Hall–Kier alpha value is -15.5. The van der Waals surface area contributed by atoms with Gasteiger partial charge in [-0.2, -0.15) is 10.2 Å². The third-order valence-electron chi connectivity index (χ3n) is 23.6. The number of primary amides is 2. The zero-order valence-electron chi connectivity index (χ0n) is 78.3. The van der Waals surface area contributed by atoms with Crippen LogP contribution in [-0.2, 0) is 109 Å². The fourth-order valence-electron chi connectivity index (χ4n) is 16.7. The van der Waals surface area contributed by atoms with Crippen LogP contribution in [0, 0.1) is 13.8 Å². The number of hydrogen-bond donors (Lipinski definition) is 16. The average Bonchev–Trinajstić information content (AvgIpc) is 1.17. The number of carbonyl (C=O) groups is 15. The van der Waals surface area contributed by atoms with Crippen molar-refractivity contribution < 1.29 is 102 Å². The number of ether oxygens (including phenoxy) is 2. The third-order valence-corrected chi connectivity index (χ3v) is 24.4. The maximum absolute atomic E-state index is 14.3. The molecule has 0 fully saturated rings. The molecule has 47 nitrogen and oxygen atoms in total. The normalized spacial score (nSPS) is 13.4. The molecule has 8 heterocycles. The maximum atomic E-state index is 14.3. The topological polar surface area (TPSA) is 655 Å². The van der Waals surface area contributed by atoms with Crippen molar-refractivity contribution in [3.63, 3.8) is 0 Å². The Balaban J connectivity index is 0.655. The van der Waals surface area contributed by atoms with Crippen molar-refractivity contribution in [3.05, 3.63) is 163 Å². The number of aryl methyl sites for hydroxylation is 4. The van der Waals surface area contributed by atoms with Crippen LogP contribution in [0.25, 0.3) is 33.2 Å². The Morgan fingerprint density at radius 3 is 1.40 bits per heavy atom. The number of unbranched alkanes of at least 4 members (excludes halogenated alkanes) is 1. The molecule has 4 atom stereocenters. The number of nitrogens with one attached hydrogen (secondary N) is 9. The molecule has 748 valence electrons. The molecule has 0 aliphatic carbocycles. The molecule has 10 aromatic rings. The van der Waals surface area contributed by atoms with Gasteiger partial charge in [-0.05, 0) is 134 Å². The Labute approximate surface area is 815 Å². The minimum Gasteiger partial charge on any atom is -0.494 e. The van der Waals surface area contributed by atoms with E-state index in [1.165, 1.54) is 40.7 Å². The lowest BCUT2D eigenvalue weighted by molar-refractivity contribution is -0.143. The molecule has 49 heteroatoms. The molecule has 0 saturated heterocycles. The number of carboxylic acid groups (broad SMARTS) is 4. The van der Waals surface area contributed by atoms with Crippen molar-refractivity contribution in [1.29, 1.82) is 0 Å². The van der Waals surface area contributed by atoms with E-state index >= 15 is 0 Å². The largest absolute Gasteiger partial charge is 0.494 e. The number of fused-ring (bicyclic) bond motifs is 4. The molecule has 0 radical (unpaired) electrons. The first-order valence-electron chi connectivity index (χ1n) is 45.3. The van der Waals surface area contributed by atoms with E-state index in [1.807, 2.05) is 11.8 Å². The number of nitrogens with two attached hydrogens (primary N) is 3. The predicted molar refractivity (Wildman–Crippen MR) is 512 cm³/mol. The van der Waals surface area contributed by atoms with E-state index in [9.17, 15) is 87.2 Å². The Kier molecular flexibility index (Phi) is 35.0. The molecule has 2 aliphatic heterocycles. The summed E-state index contributed by atoms with van der Waals surface area (Å²) in [5.41, 5.74) is 24.1. The quantitative estimate of drug-likeness (QED) is 0.0180. The van der Waals surface area contributed by atoms with Crippen molar-refractivity contribution in [3.8, 4) is 22.6 Å². The Bertz CT molecular complexity index is 6550. The summed E-state index contributed by atoms with van der Waals surface area (Å²) in [6, 6.07) is 11.3. The van der Waals surface area contributed by atoms with Crippen molar-refractivity contribution in [1.82, 2.24) is 94.1 Å². The number of carbonyl (C=O) groups excluding carboxylic acids is 11. The lowest BCUT2D eigenvalue weighted by Gasteiger charge is -2.27. The molecule has 0 bridgehead atoms. The van der Waals surface area contributed by atoms with Crippen molar-refractivity contribution in [2.75, 3.05) is 74.3 Å². The standard InChI is InChI=1S/C92H110Cl2N26O21/c1-8-119-66(37-48(3)111-119)87(136)109-91-107-57-39-50(79(96)130)41-68(140-7)77(57)117(91)32-12-13-33-118-78-58(108-92(118)110-88(137)67-38-49(4)112-120(67)9-2)40-51(80(97)131)42-69(78)141-36-18-29-98-83(132)59(43-72(124)125)105-86(135)61(45-74(128)129)106-84(133)56(21-10-11-28-95)104-85(134)60(44-73(126)127)99-70(121)24-16-30-115-34-26-64-62(46-115)100-81(113(64)5)89(138)102-54-22-14-19-52(75(54)93)53-20-15-23-55(76(53)94)103-90(139)82-101-63-47-116(31-17-25-71(122)123)35-27-65(63)114(82)6/h12-15,19-20,22-23,37-42,56,59-61H,8-11,16-18,21,24-36,43-47,95H2,1-7H3,(H2,96,130)(H2,97,131)(H,98,132)(H,99,121)(H,102,138)(H,103,139)(H,104,134)(H,105,135)(H,106,133)(H,122,123)(H,124,125)(H,126,127)(H,128,129)(H,107,109,136)(H,108,110,137)/b13-12+/t56-,59-,60-,61-/m0/s1. The molecule has 141 heavy (non-hydrogen) atoms. The summed E-state index contributed by atoms with van der Waals surface area (Å²) in [6.45, 7) is 9.91. The molecule has 0 unspecified atom stereocenters. The van der Waals surface area contributed by atoms with Crippen molar-refractivity contribution >= 4 is 157 Å². The second-order valence-corrected chi connectivity index (χ2v) is 34.4. The molecular weight excluding hydrogens is 1880 g/mol. The van der Waals surface area contributed by atoms with E-state index in [0.717, 1.165) is 17.1 Å². The number of imidazole rings is 4. The lowest BCUT2D eigenvalue weighted by atomic mass is 10.0. The van der Waals surface area contributed by atoms with Crippen LogP contribution in [0.15, 0.2) is 84.9 Å². The van der Waals surface area contributed by atoms with Crippen molar-refractivity contribution in [2.24, 2.45) is 31.3 Å². The van der Waals surface area contributed by atoms with Gasteiger partial charge in [0, 0.05) is 132 Å². The highest BCUT2D eigenvalue weighted by molar-refractivity contribution is 6.40. The molecule has 6 aromatic heterocycles. The first-order chi connectivity index (χ1) is 67.3. The summed E-state index contributed by atoms with van der Waals surface area (Å²) in [4.78, 5) is 223. The summed E-state index contributed by atoms with van der Waals surface area (Å²) in [6.07, 6.45) is 1.82. The number of nitrogens with zero attached hydrogens (tertiary/aromatic N) is 14. The second kappa shape index (κ2) is 47.2. The van der Waals surface area contributed by atoms with Gasteiger partial charge in [0.25, 0.3) is 23.6 Å². The molecule has 12 rings (SSSR count). The Morgan fingerprint density at radius 2 is 0.950 bits per heavy atom. The van der Waals surface area contributed by atoms with Gasteiger partial charge in [-0.1, -0.05) is 59.6 Å². The van der Waals surface area contributed by atoms with Crippen LogP contribution < -0.4 is 74.5 Å². The van der Waals surface area contributed by atoms with E-state index in [2.05, 4.69) is 72.9 Å². The SMILES string of the molecule is CCn1nc(C)cc1C(=O)Nc1nc2cc(C(N)=O)cc(OC)c2n1C/C=C/Cn1c(NC(=O)c2cc(C)nn2CC)nc2cc(C(N)=O)cc(OCCCNC(=O)[C@H](CC(=O)O)NC(=O)[C@H](CC(=O)O)NC(=O)[C@H](CCCCN)NC(=O)[C@H](CC(=O)O)NC(=O)CCCN3CCc4c(nc(C(=O)Nc5cccc(-c6cccc(NC(=O)c7nc8c(n7C)CCN(CCCC(=O)O)C8)c6Cl)c5Cl)n4C)C3)c21. The summed E-state index contributed by atoms with van der Waals surface area (Å²) >= 11 is 14.0. The molecule has 19 N–H and O–H groups in total. The van der Waals surface area contributed by atoms with E-state index in [1.54, 1.807) is 114 Å². The van der Waals surface area contributed by atoms with E-state index in [4.69, 9.17) is 65.0 Å². The molecular formula is C92H110Cl2N26O21. The summed E-state index contributed by atoms with van der Waals surface area (Å²) in [5.74, 6) is -14.7. The van der Waals surface area contributed by atoms with Gasteiger partial charge in [0.05, 0.1) is 88.2 Å². The number of aliphatic carboxylic acids is 4. The van der Waals surface area contributed by atoms with Gasteiger partial charge in [0.1, 0.15) is 58.1 Å². The van der Waals surface area contributed by atoms with Gasteiger partial charge >= 0.3 is 23.9 Å². The van der Waals surface area contributed by atoms with Gasteiger partial charge in [-0.25, -0.2) is 19.9 Å². The molecule has 11 amide bonds. The number of hydrogen-bond acceptors (Lipinski definition) is 26. The maximum Gasteiger partial charge on any atom is 0.305 e. The van der Waals surface area contributed by atoms with Crippen LogP contribution >= 0.6 is 23.2 Å². The van der Waals surface area contributed by atoms with Crippen LogP contribution in [0.4, 0.5) is 23.3 Å². The lowest BCUT2D eigenvalue weighted by Crippen LogP contribution is -2.59. The minimum atomic E-state index is -2.05. The highest BCUT2D eigenvalue weighted by atomic mass is 35.5. The van der Waals surface area contributed by atoms with E-state index in [0.29, 0.717) is 98.8 Å². The third kappa shape index (κ3) is 25.9. The number of allylic oxidation sites excluding steroid dienone is 2. The molecule has 0 saturated carbocycles. The highest BCUT2D eigenvalue weighted by Crippen LogP contribution is 2.42. The number of rotatable bonds is 49. The number of anilines is 4. The summed E-state index contributed by atoms with van der Waals surface area (Å²) in [7, 11) is 4.83. The number of benzene rings is 4. The molecule has 0 spiro atoms. The number of carboxylic acids is 4. The van der Waals surface area contributed by atoms with Crippen LogP contribution in [-0.4, -0.2) is 254 Å². The number of amides is 11. The molecule has 2 aliphatic rings. The predicted octanol–water partition coefficient (Wildman–Crippen LogP) is 4.79. The molecule has 4 aromatic carbocycles. The first kappa shape index (κ1) is 104. The van der Waals surface area contributed by atoms with Gasteiger partial charge < -0.3 is 103 Å². The monoisotopic (exact) mass is 1980 g/mol. The highest BCUT2D eigenvalue weighted by Gasteiger charge is 2.37. The number of halogens is 2. The van der Waals surface area contributed by atoms with Crippen LogP contribution in [0.2, 0.25) is 10.0 Å². The van der Waals surface area contributed by atoms with Gasteiger partial charge in [-0.3, -0.25) is 102 Å². The minimum absolute atomic E-state index is 0.00795. The van der Waals surface area contributed by atoms with Gasteiger partial charge in [0.2, 0.25) is 53.2 Å².